The van der Waals surface area contributed by atoms with Gasteiger partial charge in [0, 0.05) is 32.4 Å². The summed E-state index contributed by atoms with van der Waals surface area (Å²) in [5, 5.41) is 3.13. The molecule has 0 saturated carbocycles. The molecule has 0 atom stereocenters. The van der Waals surface area contributed by atoms with Gasteiger partial charge in [0.05, 0.1) is 11.7 Å². The molecule has 0 fully saturated rings. The van der Waals surface area contributed by atoms with E-state index in [-0.39, 0.29) is 11.9 Å². The van der Waals surface area contributed by atoms with E-state index in [1.54, 1.807) is 24.1 Å². The molecular weight excluding hydrogens is 356 g/mol. The van der Waals surface area contributed by atoms with E-state index in [4.69, 9.17) is 0 Å². The van der Waals surface area contributed by atoms with Crippen molar-refractivity contribution in [1.82, 2.24) is 29.4 Å². The average Bonchev–Trinajstić information content (AvgIpc) is 2.97. The molecule has 1 amide bonds. The van der Waals surface area contributed by atoms with Gasteiger partial charge in [0.1, 0.15) is 28.8 Å². The molecular formula is C19H24N8O. The summed E-state index contributed by atoms with van der Waals surface area (Å²) in [4.78, 5) is 35.2. The van der Waals surface area contributed by atoms with E-state index in [9.17, 15) is 4.79 Å². The summed E-state index contributed by atoms with van der Waals surface area (Å²) >= 11 is 0. The van der Waals surface area contributed by atoms with Crippen LogP contribution < -0.4 is 5.32 Å². The van der Waals surface area contributed by atoms with Gasteiger partial charge in [-0.05, 0) is 33.8 Å². The van der Waals surface area contributed by atoms with E-state index < -0.39 is 5.91 Å². The zero-order valence-corrected chi connectivity index (χ0v) is 16.9. The van der Waals surface area contributed by atoms with Crippen LogP contribution in [0.5, 0.6) is 0 Å². The molecule has 0 unspecified atom stereocenters. The molecule has 3 heterocycles. The molecule has 0 spiro atoms. The van der Waals surface area contributed by atoms with Gasteiger partial charge in [0.2, 0.25) is 5.82 Å². The van der Waals surface area contributed by atoms with Crippen LogP contribution in [0, 0.1) is 6.92 Å². The predicted molar refractivity (Wildman–Crippen MR) is 109 cm³/mol. The van der Waals surface area contributed by atoms with Crippen LogP contribution in [0.25, 0.3) is 11.0 Å². The number of imidazole rings is 1. The van der Waals surface area contributed by atoms with Crippen molar-refractivity contribution < 1.29 is 4.79 Å². The van der Waals surface area contributed by atoms with Crippen molar-refractivity contribution in [3.8, 4) is 0 Å². The van der Waals surface area contributed by atoms with E-state index in [0.29, 0.717) is 17.5 Å². The van der Waals surface area contributed by atoms with E-state index in [2.05, 4.69) is 48.7 Å². The molecule has 1 N–H and O–H groups in total. The Kier molecular flexibility index (Phi) is 5.34. The van der Waals surface area contributed by atoms with Crippen LogP contribution in [-0.2, 0) is 0 Å². The maximum Gasteiger partial charge on any atom is 0.316 e. The average molecular weight is 380 g/mol. The molecule has 3 aromatic heterocycles. The quantitative estimate of drug-likeness (QED) is 0.548. The van der Waals surface area contributed by atoms with Crippen molar-refractivity contribution in [3.63, 3.8) is 0 Å². The fourth-order valence-electron chi connectivity index (χ4n) is 2.80. The number of carbonyl (C=O) groups is 1. The van der Waals surface area contributed by atoms with Crippen molar-refractivity contribution in [1.29, 1.82) is 0 Å². The third kappa shape index (κ3) is 3.98. The first-order chi connectivity index (χ1) is 13.3. The van der Waals surface area contributed by atoms with Crippen molar-refractivity contribution >= 4 is 34.4 Å². The van der Waals surface area contributed by atoms with Crippen LogP contribution in [0.3, 0.4) is 0 Å². The molecule has 0 radical (unpaired) electrons. The lowest BCUT2D eigenvalue weighted by Gasteiger charge is -2.11. The lowest BCUT2D eigenvalue weighted by atomic mass is 10.3. The number of hydrogen-bond donors (Lipinski definition) is 1. The summed E-state index contributed by atoms with van der Waals surface area (Å²) in [7, 11) is 3.63. The standard InChI is InChI=1S/C19H24N8O/c1-11(2)27-13(4)22-14-10-21-17(9-15(14)27)24-16-7-8-20-18(25-16)19(28)23-12(3)26(5)6/h7-11H,1-6H3,(H,20,21,24,25)/b23-12+. The third-order valence-corrected chi connectivity index (χ3v) is 4.28. The van der Waals surface area contributed by atoms with Crippen LogP contribution in [0.15, 0.2) is 29.5 Å². The van der Waals surface area contributed by atoms with Gasteiger partial charge in [0.15, 0.2) is 0 Å². The molecule has 0 aromatic carbocycles. The summed E-state index contributed by atoms with van der Waals surface area (Å²) in [5.74, 6) is 2.13. The topological polar surface area (TPSA) is 101 Å². The van der Waals surface area contributed by atoms with E-state index in [0.717, 1.165) is 16.9 Å². The second-order valence-electron chi connectivity index (χ2n) is 6.93. The smallest absolute Gasteiger partial charge is 0.316 e. The fourth-order valence-corrected chi connectivity index (χ4v) is 2.80. The van der Waals surface area contributed by atoms with Gasteiger partial charge in [0.25, 0.3) is 0 Å². The maximum atomic E-state index is 12.3. The van der Waals surface area contributed by atoms with Gasteiger partial charge in [-0.1, -0.05) is 0 Å². The first-order valence-corrected chi connectivity index (χ1v) is 8.98. The van der Waals surface area contributed by atoms with Gasteiger partial charge >= 0.3 is 5.91 Å². The van der Waals surface area contributed by atoms with Crippen molar-refractivity contribution in [2.75, 3.05) is 19.4 Å². The number of pyridine rings is 1. The molecule has 0 saturated heterocycles. The zero-order chi connectivity index (χ0) is 20.4. The largest absolute Gasteiger partial charge is 0.366 e. The molecule has 0 bridgehead atoms. The summed E-state index contributed by atoms with van der Waals surface area (Å²) in [6.45, 7) is 7.95. The fraction of sp³-hybridized carbons (Fsp3) is 0.368. The highest BCUT2D eigenvalue weighted by Gasteiger charge is 2.13. The summed E-state index contributed by atoms with van der Waals surface area (Å²) < 4.78 is 2.15. The van der Waals surface area contributed by atoms with E-state index in [1.807, 2.05) is 27.1 Å². The minimum Gasteiger partial charge on any atom is -0.366 e. The lowest BCUT2D eigenvalue weighted by molar-refractivity contribution is 0.0992. The van der Waals surface area contributed by atoms with Gasteiger partial charge in [-0.2, -0.15) is 4.99 Å². The predicted octanol–water partition coefficient (Wildman–Crippen LogP) is 2.97. The highest BCUT2D eigenvalue weighted by atomic mass is 16.1. The molecule has 0 aliphatic rings. The van der Waals surface area contributed by atoms with Crippen molar-refractivity contribution in [2.24, 2.45) is 4.99 Å². The molecule has 28 heavy (non-hydrogen) atoms. The number of anilines is 2. The number of hydrogen-bond acceptors (Lipinski definition) is 6. The molecule has 0 aliphatic carbocycles. The second kappa shape index (κ2) is 7.71. The second-order valence-corrected chi connectivity index (χ2v) is 6.93. The number of fused-ring (bicyclic) bond motifs is 1. The van der Waals surface area contributed by atoms with Crippen LogP contribution in [0.2, 0.25) is 0 Å². The Morgan fingerprint density at radius 1 is 1.21 bits per heavy atom. The Labute approximate surface area is 163 Å². The number of amidine groups is 1. The monoisotopic (exact) mass is 380 g/mol. The Balaban J connectivity index is 1.89. The third-order valence-electron chi connectivity index (χ3n) is 4.28. The minimum atomic E-state index is -0.494. The van der Waals surface area contributed by atoms with Gasteiger partial charge in [-0.3, -0.25) is 4.79 Å². The Hall–Kier alpha value is -3.36. The summed E-state index contributed by atoms with van der Waals surface area (Å²) in [6.07, 6.45) is 3.24. The lowest BCUT2D eigenvalue weighted by Crippen LogP contribution is -2.20. The highest BCUT2D eigenvalue weighted by Crippen LogP contribution is 2.23. The number of rotatable bonds is 4. The van der Waals surface area contributed by atoms with Gasteiger partial charge < -0.3 is 14.8 Å². The highest BCUT2D eigenvalue weighted by molar-refractivity contribution is 6.00. The minimum absolute atomic E-state index is 0.0235. The molecule has 146 valence electrons. The van der Waals surface area contributed by atoms with Crippen LogP contribution in [0.1, 0.15) is 43.3 Å². The van der Waals surface area contributed by atoms with Crippen LogP contribution >= 0.6 is 0 Å². The van der Waals surface area contributed by atoms with Crippen molar-refractivity contribution in [2.45, 2.75) is 33.7 Å². The molecule has 9 heteroatoms. The number of aryl methyl sites for hydroxylation is 1. The Morgan fingerprint density at radius 3 is 2.64 bits per heavy atom. The SMILES string of the molecule is C/C(=N\C(=O)c1nccc(Nc2cc3c(cn2)nc(C)n3C(C)C)n1)N(C)C. The summed E-state index contributed by atoms with van der Waals surface area (Å²) in [6, 6.07) is 3.88. The Bertz CT molecular complexity index is 1050. The molecule has 0 aliphatic heterocycles. The number of amides is 1. The number of aliphatic imine (C=N–C) groups is 1. The van der Waals surface area contributed by atoms with E-state index in [1.165, 1.54) is 6.20 Å². The number of carbonyl (C=O) groups excluding carboxylic acids is 1. The van der Waals surface area contributed by atoms with Crippen molar-refractivity contribution in [3.05, 3.63) is 36.2 Å². The Morgan fingerprint density at radius 2 is 1.96 bits per heavy atom. The summed E-state index contributed by atoms with van der Waals surface area (Å²) in [5.41, 5.74) is 1.82. The van der Waals surface area contributed by atoms with Gasteiger partial charge in [-0.15, -0.1) is 0 Å². The molecule has 3 rings (SSSR count). The zero-order valence-electron chi connectivity index (χ0n) is 16.9. The number of nitrogens with zero attached hydrogens (tertiary/aromatic N) is 7. The maximum absolute atomic E-state index is 12.3. The van der Waals surface area contributed by atoms with E-state index >= 15 is 0 Å². The number of aromatic nitrogens is 5. The van der Waals surface area contributed by atoms with Crippen LogP contribution in [-0.4, -0.2) is 55.2 Å². The molecule has 9 nitrogen and oxygen atoms in total. The normalized spacial score (nSPS) is 11.9. The first-order valence-electron chi connectivity index (χ1n) is 8.98. The first kappa shape index (κ1) is 19.4. The molecule has 3 aromatic rings. The number of nitrogens with one attached hydrogen (secondary N) is 1. The van der Waals surface area contributed by atoms with Crippen LogP contribution in [0.4, 0.5) is 11.6 Å². The van der Waals surface area contributed by atoms with Gasteiger partial charge in [-0.25, -0.2) is 19.9 Å².